The lowest BCUT2D eigenvalue weighted by atomic mass is 9.91. The molecule has 19 heavy (non-hydrogen) atoms. The maximum atomic E-state index is 11.5. The molecule has 1 fully saturated rings. The number of hydrogen-bond acceptors (Lipinski definition) is 3. The first-order valence-corrected chi connectivity index (χ1v) is 7.07. The summed E-state index contributed by atoms with van der Waals surface area (Å²) < 4.78 is 5.57. The standard InChI is InChI=1S/C15H20N2O2/c18-15-5-8-19-14-2-1-12(10-13(14)17-15)9-11-3-6-16-7-4-11/h1-2,10-11,16H,3-9H2,(H,17,18). The Bertz CT molecular complexity index is 467. The molecule has 102 valence electrons. The maximum absolute atomic E-state index is 11.5. The van der Waals surface area contributed by atoms with Gasteiger partial charge in [-0.3, -0.25) is 4.79 Å². The molecule has 1 amide bonds. The zero-order valence-electron chi connectivity index (χ0n) is 11.1. The number of anilines is 1. The van der Waals surface area contributed by atoms with Crippen molar-refractivity contribution in [3.05, 3.63) is 23.8 Å². The number of nitrogens with one attached hydrogen (secondary N) is 2. The van der Waals surface area contributed by atoms with E-state index in [0.29, 0.717) is 13.0 Å². The van der Waals surface area contributed by atoms with Crippen molar-refractivity contribution < 1.29 is 9.53 Å². The van der Waals surface area contributed by atoms with E-state index >= 15 is 0 Å². The lowest BCUT2D eigenvalue weighted by Crippen LogP contribution is -2.28. The molecule has 0 aliphatic carbocycles. The Morgan fingerprint density at radius 1 is 1.26 bits per heavy atom. The van der Waals surface area contributed by atoms with Gasteiger partial charge in [0.25, 0.3) is 0 Å². The fraction of sp³-hybridized carbons (Fsp3) is 0.533. The van der Waals surface area contributed by atoms with E-state index in [4.69, 9.17) is 4.74 Å². The number of carbonyl (C=O) groups is 1. The molecule has 1 saturated heterocycles. The van der Waals surface area contributed by atoms with Crippen molar-refractivity contribution in [2.75, 3.05) is 25.0 Å². The molecule has 2 aliphatic heterocycles. The van der Waals surface area contributed by atoms with Crippen molar-refractivity contribution in [3.63, 3.8) is 0 Å². The van der Waals surface area contributed by atoms with Crippen molar-refractivity contribution in [2.45, 2.75) is 25.7 Å². The predicted molar refractivity (Wildman–Crippen MR) is 74.5 cm³/mol. The van der Waals surface area contributed by atoms with E-state index in [1.807, 2.05) is 6.07 Å². The van der Waals surface area contributed by atoms with Crippen LogP contribution in [0.15, 0.2) is 18.2 Å². The number of rotatable bonds is 2. The van der Waals surface area contributed by atoms with E-state index in [1.54, 1.807) is 0 Å². The van der Waals surface area contributed by atoms with Crippen LogP contribution in [0.5, 0.6) is 5.75 Å². The van der Waals surface area contributed by atoms with E-state index in [0.717, 1.165) is 36.9 Å². The summed E-state index contributed by atoms with van der Waals surface area (Å²) in [4.78, 5) is 11.5. The highest BCUT2D eigenvalue weighted by Gasteiger charge is 2.17. The molecule has 0 bridgehead atoms. The van der Waals surface area contributed by atoms with Gasteiger partial charge in [-0.25, -0.2) is 0 Å². The van der Waals surface area contributed by atoms with Crippen LogP contribution in [-0.2, 0) is 11.2 Å². The van der Waals surface area contributed by atoms with Gasteiger partial charge in [-0.2, -0.15) is 0 Å². The first kappa shape index (κ1) is 12.5. The number of carbonyl (C=O) groups excluding carboxylic acids is 1. The third-order valence-corrected chi connectivity index (χ3v) is 3.89. The normalized spacial score (nSPS) is 20.1. The van der Waals surface area contributed by atoms with Crippen molar-refractivity contribution >= 4 is 11.6 Å². The Kier molecular flexibility index (Phi) is 3.69. The van der Waals surface area contributed by atoms with Crippen LogP contribution in [0.2, 0.25) is 0 Å². The molecule has 4 nitrogen and oxygen atoms in total. The Morgan fingerprint density at radius 3 is 2.95 bits per heavy atom. The summed E-state index contributed by atoms with van der Waals surface area (Å²) in [7, 11) is 0. The Balaban J connectivity index is 1.74. The zero-order valence-corrected chi connectivity index (χ0v) is 11.1. The highest BCUT2D eigenvalue weighted by molar-refractivity contribution is 5.93. The van der Waals surface area contributed by atoms with Crippen LogP contribution in [0.3, 0.4) is 0 Å². The molecule has 1 aromatic carbocycles. The van der Waals surface area contributed by atoms with E-state index in [9.17, 15) is 4.79 Å². The molecule has 4 heteroatoms. The third kappa shape index (κ3) is 3.07. The summed E-state index contributed by atoms with van der Waals surface area (Å²) in [6.07, 6.45) is 3.99. The van der Waals surface area contributed by atoms with Gasteiger partial charge >= 0.3 is 0 Å². The van der Waals surface area contributed by atoms with Crippen LogP contribution in [-0.4, -0.2) is 25.6 Å². The van der Waals surface area contributed by atoms with Crippen molar-refractivity contribution in [1.29, 1.82) is 0 Å². The van der Waals surface area contributed by atoms with Crippen molar-refractivity contribution in [2.24, 2.45) is 5.92 Å². The largest absolute Gasteiger partial charge is 0.491 e. The number of amides is 1. The fourth-order valence-corrected chi connectivity index (χ4v) is 2.81. The maximum Gasteiger partial charge on any atom is 0.227 e. The van der Waals surface area contributed by atoms with Crippen LogP contribution in [0.1, 0.15) is 24.8 Å². The number of benzene rings is 1. The van der Waals surface area contributed by atoms with Crippen LogP contribution in [0.25, 0.3) is 0 Å². The molecular formula is C15H20N2O2. The number of ether oxygens (including phenoxy) is 1. The van der Waals surface area contributed by atoms with Gasteiger partial charge in [-0.1, -0.05) is 6.07 Å². The molecule has 2 heterocycles. The van der Waals surface area contributed by atoms with E-state index < -0.39 is 0 Å². The molecule has 0 radical (unpaired) electrons. The zero-order chi connectivity index (χ0) is 13.1. The van der Waals surface area contributed by atoms with Crippen LogP contribution < -0.4 is 15.4 Å². The van der Waals surface area contributed by atoms with Gasteiger partial charge in [-0.05, 0) is 56.0 Å². The minimum absolute atomic E-state index is 0.0396. The van der Waals surface area contributed by atoms with Gasteiger partial charge < -0.3 is 15.4 Å². The highest BCUT2D eigenvalue weighted by atomic mass is 16.5. The Morgan fingerprint density at radius 2 is 2.11 bits per heavy atom. The second kappa shape index (κ2) is 5.61. The molecular weight excluding hydrogens is 240 g/mol. The first-order chi connectivity index (χ1) is 9.31. The van der Waals surface area contributed by atoms with E-state index in [-0.39, 0.29) is 5.91 Å². The third-order valence-electron chi connectivity index (χ3n) is 3.89. The molecule has 0 aromatic heterocycles. The van der Waals surface area contributed by atoms with Gasteiger partial charge in [0.1, 0.15) is 5.75 Å². The van der Waals surface area contributed by atoms with Gasteiger partial charge in [0.05, 0.1) is 18.7 Å². The van der Waals surface area contributed by atoms with Crippen LogP contribution in [0, 0.1) is 5.92 Å². The number of piperidine rings is 1. The van der Waals surface area contributed by atoms with E-state index in [2.05, 4.69) is 22.8 Å². The average molecular weight is 260 g/mol. The Labute approximate surface area is 113 Å². The topological polar surface area (TPSA) is 50.4 Å². The number of fused-ring (bicyclic) bond motifs is 1. The summed E-state index contributed by atoms with van der Waals surface area (Å²) >= 11 is 0. The van der Waals surface area contributed by atoms with Gasteiger partial charge in [0, 0.05) is 0 Å². The molecule has 0 unspecified atom stereocenters. The lowest BCUT2D eigenvalue weighted by molar-refractivity contribution is -0.116. The molecule has 0 spiro atoms. The minimum Gasteiger partial charge on any atom is -0.491 e. The summed E-state index contributed by atoms with van der Waals surface area (Å²) in [5.41, 5.74) is 2.12. The first-order valence-electron chi connectivity index (χ1n) is 7.07. The Hall–Kier alpha value is -1.55. The lowest BCUT2D eigenvalue weighted by Gasteiger charge is -2.22. The summed E-state index contributed by atoms with van der Waals surface area (Å²) in [6.45, 7) is 2.71. The molecule has 2 aliphatic rings. The average Bonchev–Trinajstić information content (AvgIpc) is 2.60. The smallest absolute Gasteiger partial charge is 0.227 e. The molecule has 0 atom stereocenters. The van der Waals surface area contributed by atoms with Gasteiger partial charge in [-0.15, -0.1) is 0 Å². The van der Waals surface area contributed by atoms with Gasteiger partial charge in [0.15, 0.2) is 0 Å². The summed E-state index contributed by atoms with van der Waals surface area (Å²) in [6, 6.07) is 6.18. The van der Waals surface area contributed by atoms with Crippen molar-refractivity contribution in [1.82, 2.24) is 5.32 Å². The number of hydrogen-bond donors (Lipinski definition) is 2. The van der Waals surface area contributed by atoms with E-state index in [1.165, 1.54) is 18.4 Å². The molecule has 3 rings (SSSR count). The molecule has 1 aromatic rings. The monoisotopic (exact) mass is 260 g/mol. The van der Waals surface area contributed by atoms with Crippen molar-refractivity contribution in [3.8, 4) is 5.75 Å². The molecule has 2 N–H and O–H groups in total. The van der Waals surface area contributed by atoms with Gasteiger partial charge in [0.2, 0.25) is 5.91 Å². The second-order valence-electron chi connectivity index (χ2n) is 5.37. The second-order valence-corrected chi connectivity index (χ2v) is 5.37. The fourth-order valence-electron chi connectivity index (χ4n) is 2.81. The molecule has 0 saturated carbocycles. The predicted octanol–water partition coefficient (Wildman–Crippen LogP) is 1.95. The quantitative estimate of drug-likeness (QED) is 0.854. The summed E-state index contributed by atoms with van der Waals surface area (Å²) in [5, 5.41) is 6.31. The summed E-state index contributed by atoms with van der Waals surface area (Å²) in [5.74, 6) is 1.58. The van der Waals surface area contributed by atoms with Crippen LogP contribution in [0.4, 0.5) is 5.69 Å². The van der Waals surface area contributed by atoms with Crippen LogP contribution >= 0.6 is 0 Å². The minimum atomic E-state index is 0.0396. The SMILES string of the molecule is O=C1CCOc2ccc(CC3CCNCC3)cc2N1. The highest BCUT2D eigenvalue weighted by Crippen LogP contribution is 2.29.